The largest absolute Gasteiger partial charge is 0.326 e. The summed E-state index contributed by atoms with van der Waals surface area (Å²) in [5, 5.41) is 3.04. The van der Waals surface area contributed by atoms with E-state index in [0.29, 0.717) is 11.8 Å². The quantitative estimate of drug-likeness (QED) is 0.761. The molecule has 1 aliphatic rings. The molecule has 1 aromatic carbocycles. The maximum atomic E-state index is 12.2. The topological polar surface area (TPSA) is 29.1 Å². The molecule has 1 N–H and O–H groups in total. The molecule has 2 nitrogen and oxygen atoms in total. The lowest BCUT2D eigenvalue weighted by Gasteiger charge is -2.15. The Labute approximate surface area is 120 Å². The van der Waals surface area contributed by atoms with Crippen molar-refractivity contribution in [2.45, 2.75) is 45.4 Å². The maximum absolute atomic E-state index is 12.2. The molecule has 0 heterocycles. The molecule has 0 aliphatic heterocycles. The minimum Gasteiger partial charge on any atom is -0.326 e. The number of nitrogens with one attached hydrogen (secondary N) is 1. The van der Waals surface area contributed by atoms with Gasteiger partial charge in [-0.15, -0.1) is 11.6 Å². The number of benzene rings is 1. The van der Waals surface area contributed by atoms with Crippen LogP contribution < -0.4 is 5.32 Å². The Kier molecular flexibility index (Phi) is 4.51. The molecule has 1 aliphatic carbocycles. The van der Waals surface area contributed by atoms with Crippen LogP contribution in [-0.4, -0.2) is 11.8 Å². The van der Waals surface area contributed by atoms with Gasteiger partial charge in [-0.25, -0.2) is 0 Å². The minimum absolute atomic E-state index is 0.0726. The number of hydrogen-bond acceptors (Lipinski definition) is 1. The van der Waals surface area contributed by atoms with Crippen molar-refractivity contribution in [2.75, 3.05) is 11.2 Å². The number of alkyl halides is 1. The monoisotopic (exact) mass is 279 g/mol. The molecule has 0 bridgehead atoms. The van der Waals surface area contributed by atoms with Crippen molar-refractivity contribution in [2.24, 2.45) is 5.41 Å². The lowest BCUT2D eigenvalue weighted by Crippen LogP contribution is -2.24. The summed E-state index contributed by atoms with van der Waals surface area (Å²) in [6, 6.07) is 8.03. The highest BCUT2D eigenvalue weighted by Gasteiger charge is 2.48. The predicted octanol–water partition coefficient (Wildman–Crippen LogP) is 4.55. The van der Waals surface area contributed by atoms with Crippen LogP contribution in [0.1, 0.15) is 51.0 Å². The van der Waals surface area contributed by atoms with E-state index in [1.54, 1.807) is 0 Å². The number of carbonyl (C=O) groups is 1. The van der Waals surface area contributed by atoms with E-state index in [0.717, 1.165) is 31.4 Å². The first-order chi connectivity index (χ1) is 9.11. The number of rotatable bonds is 6. The molecule has 3 heteroatoms. The summed E-state index contributed by atoms with van der Waals surface area (Å²) >= 11 is 5.84. The Morgan fingerprint density at radius 3 is 2.47 bits per heavy atom. The van der Waals surface area contributed by atoms with Gasteiger partial charge in [0.15, 0.2) is 0 Å². The van der Waals surface area contributed by atoms with E-state index in [1.165, 1.54) is 5.56 Å². The van der Waals surface area contributed by atoms with Gasteiger partial charge in [0.25, 0.3) is 0 Å². The van der Waals surface area contributed by atoms with E-state index in [4.69, 9.17) is 11.6 Å². The van der Waals surface area contributed by atoms with Crippen molar-refractivity contribution in [3.63, 3.8) is 0 Å². The van der Waals surface area contributed by atoms with Gasteiger partial charge in [0.2, 0.25) is 5.91 Å². The maximum Gasteiger partial charge on any atom is 0.230 e. The van der Waals surface area contributed by atoms with Gasteiger partial charge in [-0.3, -0.25) is 4.79 Å². The number of halogens is 1. The van der Waals surface area contributed by atoms with Crippen molar-refractivity contribution in [1.29, 1.82) is 0 Å². The van der Waals surface area contributed by atoms with Gasteiger partial charge in [-0.05, 0) is 42.9 Å². The second-order valence-corrected chi connectivity index (χ2v) is 5.97. The average Bonchev–Trinajstić information content (AvgIpc) is 3.20. The molecule has 104 valence electrons. The summed E-state index contributed by atoms with van der Waals surface area (Å²) in [7, 11) is 0. The van der Waals surface area contributed by atoms with Crippen LogP contribution in [-0.2, 0) is 4.79 Å². The Balaban J connectivity index is 1.98. The molecule has 1 saturated carbocycles. The molecule has 1 fully saturated rings. The highest BCUT2D eigenvalue weighted by molar-refractivity contribution is 6.18. The zero-order valence-corrected chi connectivity index (χ0v) is 12.5. The SMILES string of the molecule is CCCC1(C(=O)Nc2ccc(C(C)CCl)cc2)CC1. The van der Waals surface area contributed by atoms with Gasteiger partial charge in [0.1, 0.15) is 0 Å². The first-order valence-electron chi connectivity index (χ1n) is 7.08. The van der Waals surface area contributed by atoms with Crippen molar-refractivity contribution >= 4 is 23.2 Å². The summed E-state index contributed by atoms with van der Waals surface area (Å²) < 4.78 is 0. The van der Waals surface area contributed by atoms with Crippen LogP contribution in [0.15, 0.2) is 24.3 Å². The van der Waals surface area contributed by atoms with Crippen molar-refractivity contribution < 1.29 is 4.79 Å². The molecular formula is C16H22ClNO. The summed E-state index contributed by atoms with van der Waals surface area (Å²) in [6.07, 6.45) is 4.14. The van der Waals surface area contributed by atoms with Gasteiger partial charge in [0.05, 0.1) is 0 Å². The fraction of sp³-hybridized carbons (Fsp3) is 0.562. The van der Waals surface area contributed by atoms with E-state index in [9.17, 15) is 4.79 Å². The molecular weight excluding hydrogens is 258 g/mol. The fourth-order valence-corrected chi connectivity index (χ4v) is 2.65. The van der Waals surface area contributed by atoms with Crippen LogP contribution in [0.25, 0.3) is 0 Å². The van der Waals surface area contributed by atoms with Crippen LogP contribution in [0.3, 0.4) is 0 Å². The van der Waals surface area contributed by atoms with E-state index in [1.807, 2.05) is 24.3 Å². The van der Waals surface area contributed by atoms with Crippen LogP contribution in [0.2, 0.25) is 0 Å². The molecule has 2 rings (SSSR count). The Morgan fingerprint density at radius 2 is 2.00 bits per heavy atom. The minimum atomic E-state index is -0.0726. The Hall–Kier alpha value is -1.02. The van der Waals surface area contributed by atoms with Gasteiger partial charge < -0.3 is 5.32 Å². The number of amides is 1. The zero-order valence-electron chi connectivity index (χ0n) is 11.7. The highest BCUT2D eigenvalue weighted by Crippen LogP contribution is 2.50. The average molecular weight is 280 g/mol. The van der Waals surface area contributed by atoms with E-state index < -0.39 is 0 Å². The van der Waals surface area contributed by atoms with Gasteiger partial charge in [-0.2, -0.15) is 0 Å². The zero-order chi connectivity index (χ0) is 13.9. The van der Waals surface area contributed by atoms with E-state index in [-0.39, 0.29) is 11.3 Å². The second-order valence-electron chi connectivity index (χ2n) is 5.66. The standard InChI is InChI=1S/C16H22ClNO/c1-3-8-16(9-10-16)15(19)18-14-6-4-13(5-7-14)12(2)11-17/h4-7,12H,3,8-11H2,1-2H3,(H,18,19). The lowest BCUT2D eigenvalue weighted by atomic mass is 9.99. The van der Waals surface area contributed by atoms with Crippen molar-refractivity contribution in [3.8, 4) is 0 Å². The summed E-state index contributed by atoms with van der Waals surface area (Å²) in [5.74, 6) is 1.15. The third-order valence-electron chi connectivity index (χ3n) is 4.03. The van der Waals surface area contributed by atoms with Gasteiger partial charge in [0, 0.05) is 17.0 Å². The summed E-state index contributed by atoms with van der Waals surface area (Å²) in [6.45, 7) is 4.23. The first kappa shape index (κ1) is 14.4. The molecule has 0 radical (unpaired) electrons. The molecule has 1 unspecified atom stereocenters. The molecule has 1 aromatic rings. The van der Waals surface area contributed by atoms with Crippen LogP contribution in [0.5, 0.6) is 0 Å². The van der Waals surface area contributed by atoms with Crippen LogP contribution in [0.4, 0.5) is 5.69 Å². The molecule has 0 spiro atoms. The smallest absolute Gasteiger partial charge is 0.230 e. The highest BCUT2D eigenvalue weighted by atomic mass is 35.5. The first-order valence-corrected chi connectivity index (χ1v) is 7.62. The molecule has 1 amide bonds. The molecule has 0 aromatic heterocycles. The number of carbonyl (C=O) groups excluding carboxylic acids is 1. The second kappa shape index (κ2) is 5.96. The molecule has 19 heavy (non-hydrogen) atoms. The fourth-order valence-electron chi connectivity index (χ4n) is 2.47. The predicted molar refractivity (Wildman–Crippen MR) is 80.8 cm³/mol. The third kappa shape index (κ3) is 3.30. The Bertz CT molecular complexity index is 437. The summed E-state index contributed by atoms with van der Waals surface area (Å²) in [5.41, 5.74) is 2.03. The lowest BCUT2D eigenvalue weighted by molar-refractivity contribution is -0.121. The summed E-state index contributed by atoms with van der Waals surface area (Å²) in [4.78, 5) is 12.2. The normalized spacial score (nSPS) is 17.8. The van der Waals surface area contributed by atoms with E-state index >= 15 is 0 Å². The number of anilines is 1. The third-order valence-corrected chi connectivity index (χ3v) is 4.50. The van der Waals surface area contributed by atoms with Gasteiger partial charge in [-0.1, -0.05) is 32.4 Å². The van der Waals surface area contributed by atoms with Crippen LogP contribution in [0, 0.1) is 5.41 Å². The molecule has 0 saturated heterocycles. The number of hydrogen-bond donors (Lipinski definition) is 1. The van der Waals surface area contributed by atoms with Gasteiger partial charge >= 0.3 is 0 Å². The molecule has 1 atom stereocenters. The van der Waals surface area contributed by atoms with Crippen molar-refractivity contribution in [1.82, 2.24) is 0 Å². The van der Waals surface area contributed by atoms with E-state index in [2.05, 4.69) is 19.2 Å². The Morgan fingerprint density at radius 1 is 1.37 bits per heavy atom. The van der Waals surface area contributed by atoms with Crippen molar-refractivity contribution in [3.05, 3.63) is 29.8 Å². The van der Waals surface area contributed by atoms with Crippen LogP contribution >= 0.6 is 11.6 Å².